The molecule has 1 unspecified atom stereocenters. The molecule has 3 amide bonds. The van der Waals surface area contributed by atoms with Gasteiger partial charge in [-0.05, 0) is 25.0 Å². The summed E-state index contributed by atoms with van der Waals surface area (Å²) in [6.07, 6.45) is 1.43. The number of piperazine rings is 1. The van der Waals surface area contributed by atoms with Crippen LogP contribution in [0.2, 0.25) is 5.02 Å². The number of rotatable bonds is 4. The quantitative estimate of drug-likeness (QED) is 0.756. The maximum atomic E-state index is 13.1. The molecule has 0 bridgehead atoms. The van der Waals surface area contributed by atoms with E-state index in [2.05, 4.69) is 10.3 Å². The maximum absolute atomic E-state index is 13.1. The van der Waals surface area contributed by atoms with Crippen LogP contribution in [0, 0.1) is 0 Å². The van der Waals surface area contributed by atoms with Crippen molar-refractivity contribution in [2.45, 2.75) is 25.8 Å². The van der Waals surface area contributed by atoms with Crippen molar-refractivity contribution in [3.63, 3.8) is 0 Å². The number of carbonyl (C=O) groups excluding carboxylic acids is 3. The number of benzene rings is 1. The second kappa shape index (κ2) is 9.23. The second-order valence-electron chi connectivity index (χ2n) is 7.63. The van der Waals surface area contributed by atoms with E-state index in [0.29, 0.717) is 55.0 Å². The molecule has 0 spiro atoms. The third kappa shape index (κ3) is 4.67. The van der Waals surface area contributed by atoms with Crippen LogP contribution < -0.4 is 5.32 Å². The summed E-state index contributed by atoms with van der Waals surface area (Å²) in [5.74, 6) is -0.255. The number of carbonyl (C=O) groups is 3. The molecule has 1 aromatic heterocycles. The van der Waals surface area contributed by atoms with Gasteiger partial charge in [-0.3, -0.25) is 14.4 Å². The summed E-state index contributed by atoms with van der Waals surface area (Å²) in [6.45, 7) is 4.14. The fourth-order valence-electron chi connectivity index (χ4n) is 3.97. The van der Waals surface area contributed by atoms with Crippen molar-refractivity contribution < 1.29 is 14.4 Å². The molecule has 1 aromatic carbocycles. The highest BCUT2D eigenvalue weighted by Crippen LogP contribution is 2.28. The van der Waals surface area contributed by atoms with Gasteiger partial charge in [0.05, 0.1) is 10.7 Å². The zero-order chi connectivity index (χ0) is 22.0. The minimum Gasteiger partial charge on any atom is -0.339 e. The van der Waals surface area contributed by atoms with E-state index in [-0.39, 0.29) is 17.7 Å². The van der Waals surface area contributed by atoms with Gasteiger partial charge in [-0.2, -0.15) is 0 Å². The summed E-state index contributed by atoms with van der Waals surface area (Å²) in [5, 5.41) is 5.97. The first-order valence-electron chi connectivity index (χ1n) is 10.3. The van der Waals surface area contributed by atoms with Crippen LogP contribution in [-0.4, -0.2) is 76.2 Å². The molecule has 0 aliphatic carbocycles. The Morgan fingerprint density at radius 2 is 1.81 bits per heavy atom. The maximum Gasteiger partial charge on any atom is 0.274 e. The number of halogens is 1. The topological polar surface area (TPSA) is 85.9 Å². The minimum atomic E-state index is -0.474. The van der Waals surface area contributed by atoms with Gasteiger partial charge in [0, 0.05) is 45.0 Å². The third-order valence-electron chi connectivity index (χ3n) is 5.67. The van der Waals surface area contributed by atoms with E-state index in [1.807, 2.05) is 18.2 Å². The summed E-state index contributed by atoms with van der Waals surface area (Å²) >= 11 is 7.50. The Hall–Kier alpha value is -2.65. The molecule has 31 heavy (non-hydrogen) atoms. The van der Waals surface area contributed by atoms with Crippen molar-refractivity contribution in [3.8, 4) is 0 Å². The first kappa shape index (κ1) is 21.6. The summed E-state index contributed by atoms with van der Waals surface area (Å²) in [5.41, 5.74) is 1.04. The average molecular weight is 462 g/mol. The molecule has 8 nitrogen and oxygen atoms in total. The Morgan fingerprint density at radius 1 is 1.10 bits per heavy atom. The van der Waals surface area contributed by atoms with Gasteiger partial charge >= 0.3 is 0 Å². The average Bonchev–Trinajstić information content (AvgIpc) is 3.44. The SMILES string of the molecule is CC(=O)N1CCN(C(=O)C2CCCN2C(=O)c2csc(Nc3ccccc3Cl)n2)CC1. The standard InChI is InChI=1S/C21H24ClN5O3S/c1-14(28)25-9-11-26(12-10-25)20(30)18-7-4-8-27(18)19(29)17-13-31-21(24-17)23-16-6-3-2-5-15(16)22/h2-3,5-6,13,18H,4,7-12H2,1H3,(H,23,24). The van der Waals surface area contributed by atoms with Gasteiger partial charge < -0.3 is 20.0 Å². The molecule has 2 aliphatic rings. The molecular weight excluding hydrogens is 438 g/mol. The number of likely N-dealkylation sites (tertiary alicyclic amines) is 1. The molecule has 2 fully saturated rings. The van der Waals surface area contributed by atoms with Gasteiger partial charge in [-0.25, -0.2) is 4.98 Å². The summed E-state index contributed by atoms with van der Waals surface area (Å²) in [6, 6.07) is 6.85. The monoisotopic (exact) mass is 461 g/mol. The minimum absolute atomic E-state index is 0.0227. The second-order valence-corrected chi connectivity index (χ2v) is 8.90. The molecule has 3 heterocycles. The lowest BCUT2D eigenvalue weighted by Crippen LogP contribution is -2.55. The lowest BCUT2D eigenvalue weighted by Gasteiger charge is -2.36. The molecule has 2 aliphatic heterocycles. The van der Waals surface area contributed by atoms with Crippen LogP contribution in [0.1, 0.15) is 30.3 Å². The van der Waals surface area contributed by atoms with Crippen LogP contribution in [0.5, 0.6) is 0 Å². The molecule has 2 saturated heterocycles. The van der Waals surface area contributed by atoms with Crippen LogP contribution >= 0.6 is 22.9 Å². The normalized spacial score (nSPS) is 18.9. The smallest absolute Gasteiger partial charge is 0.274 e. The predicted molar refractivity (Wildman–Crippen MR) is 120 cm³/mol. The Labute approximate surface area is 189 Å². The van der Waals surface area contributed by atoms with Crippen molar-refractivity contribution in [2.75, 3.05) is 38.0 Å². The van der Waals surface area contributed by atoms with E-state index >= 15 is 0 Å². The van der Waals surface area contributed by atoms with Crippen molar-refractivity contribution in [3.05, 3.63) is 40.4 Å². The molecule has 1 N–H and O–H groups in total. The number of aromatic nitrogens is 1. The number of hydrogen-bond acceptors (Lipinski definition) is 6. The number of thiazole rings is 1. The fourth-order valence-corrected chi connectivity index (χ4v) is 4.85. The Bertz CT molecular complexity index is 989. The highest BCUT2D eigenvalue weighted by Gasteiger charge is 2.38. The molecule has 0 radical (unpaired) electrons. The summed E-state index contributed by atoms with van der Waals surface area (Å²) < 4.78 is 0. The zero-order valence-electron chi connectivity index (χ0n) is 17.2. The first-order chi connectivity index (χ1) is 14.9. The summed E-state index contributed by atoms with van der Waals surface area (Å²) in [7, 11) is 0. The van der Waals surface area contributed by atoms with Gasteiger partial charge in [0.25, 0.3) is 5.91 Å². The number of nitrogens with one attached hydrogen (secondary N) is 1. The van der Waals surface area contributed by atoms with Crippen molar-refractivity contribution in [1.82, 2.24) is 19.7 Å². The number of para-hydroxylation sites is 1. The number of nitrogens with zero attached hydrogens (tertiary/aromatic N) is 4. The lowest BCUT2D eigenvalue weighted by atomic mass is 10.1. The zero-order valence-corrected chi connectivity index (χ0v) is 18.8. The molecule has 2 aromatic rings. The van der Waals surface area contributed by atoms with Gasteiger partial charge in [0.1, 0.15) is 11.7 Å². The van der Waals surface area contributed by atoms with Crippen LogP contribution in [0.25, 0.3) is 0 Å². The first-order valence-corrected chi connectivity index (χ1v) is 11.5. The van der Waals surface area contributed by atoms with E-state index < -0.39 is 6.04 Å². The van der Waals surface area contributed by atoms with Crippen molar-refractivity contribution in [2.24, 2.45) is 0 Å². The molecule has 4 rings (SSSR count). The predicted octanol–water partition coefficient (Wildman–Crippen LogP) is 2.84. The molecule has 164 valence electrons. The highest BCUT2D eigenvalue weighted by atomic mass is 35.5. The Kier molecular flexibility index (Phi) is 6.43. The van der Waals surface area contributed by atoms with Gasteiger partial charge in [-0.15, -0.1) is 11.3 Å². The van der Waals surface area contributed by atoms with Crippen molar-refractivity contribution in [1.29, 1.82) is 0 Å². The van der Waals surface area contributed by atoms with E-state index in [4.69, 9.17) is 11.6 Å². The van der Waals surface area contributed by atoms with E-state index in [0.717, 1.165) is 12.1 Å². The Morgan fingerprint density at radius 3 is 2.52 bits per heavy atom. The largest absolute Gasteiger partial charge is 0.339 e. The van der Waals surface area contributed by atoms with Gasteiger partial charge in [-0.1, -0.05) is 23.7 Å². The van der Waals surface area contributed by atoms with Crippen LogP contribution in [0.15, 0.2) is 29.6 Å². The number of anilines is 2. The van der Waals surface area contributed by atoms with Gasteiger partial charge in [0.2, 0.25) is 11.8 Å². The summed E-state index contributed by atoms with van der Waals surface area (Å²) in [4.78, 5) is 47.3. The fraction of sp³-hybridized carbons (Fsp3) is 0.429. The van der Waals surface area contributed by atoms with Gasteiger partial charge in [0.15, 0.2) is 5.13 Å². The van der Waals surface area contributed by atoms with E-state index in [1.165, 1.54) is 18.3 Å². The van der Waals surface area contributed by atoms with E-state index in [9.17, 15) is 14.4 Å². The Balaban J connectivity index is 1.41. The molecular formula is C21H24ClN5O3S. The number of hydrogen-bond donors (Lipinski definition) is 1. The van der Waals surface area contributed by atoms with Crippen LogP contribution in [-0.2, 0) is 9.59 Å². The third-order valence-corrected chi connectivity index (χ3v) is 6.76. The molecule has 1 atom stereocenters. The molecule has 10 heteroatoms. The lowest BCUT2D eigenvalue weighted by molar-refractivity contribution is -0.141. The highest BCUT2D eigenvalue weighted by molar-refractivity contribution is 7.14. The van der Waals surface area contributed by atoms with Crippen LogP contribution in [0.4, 0.5) is 10.8 Å². The molecule has 0 saturated carbocycles. The van der Waals surface area contributed by atoms with Crippen LogP contribution in [0.3, 0.4) is 0 Å². The van der Waals surface area contributed by atoms with Crippen molar-refractivity contribution >= 4 is 51.5 Å². The van der Waals surface area contributed by atoms with E-state index in [1.54, 1.807) is 26.1 Å². The number of amides is 3.